The molecule has 0 amide bonds. The van der Waals surface area contributed by atoms with Gasteiger partial charge in [0.25, 0.3) is 5.56 Å². The summed E-state index contributed by atoms with van der Waals surface area (Å²) in [6, 6.07) is 8.03. The molecule has 6 rings (SSSR count). The van der Waals surface area contributed by atoms with Gasteiger partial charge in [-0.25, -0.2) is 4.98 Å². The van der Waals surface area contributed by atoms with Gasteiger partial charge in [-0.2, -0.15) is 5.10 Å². The van der Waals surface area contributed by atoms with Gasteiger partial charge in [-0.15, -0.1) is 0 Å². The summed E-state index contributed by atoms with van der Waals surface area (Å²) in [5, 5.41) is 9.04. The molecule has 5 heterocycles. The van der Waals surface area contributed by atoms with Gasteiger partial charge in [0.05, 0.1) is 39.9 Å². The SMILES string of the molecule is O=c1[nH]c2ccnc3c2c(c1-c1cccc2[nH]ncc12)N1CCCCCC1CO3. The summed E-state index contributed by atoms with van der Waals surface area (Å²) < 4.78 is 6.16. The first-order chi connectivity index (χ1) is 14.3. The van der Waals surface area contributed by atoms with Crippen molar-refractivity contribution in [3.05, 3.63) is 47.0 Å². The Morgan fingerprint density at radius 2 is 2.10 bits per heavy atom. The number of fused-ring (bicyclic) bond motifs is 3. The first kappa shape index (κ1) is 16.6. The van der Waals surface area contributed by atoms with Crippen LogP contribution in [0.25, 0.3) is 32.9 Å². The van der Waals surface area contributed by atoms with Crippen LogP contribution in [0, 0.1) is 0 Å². The summed E-state index contributed by atoms with van der Waals surface area (Å²) in [6.07, 6.45) is 8.02. The van der Waals surface area contributed by atoms with E-state index in [0.29, 0.717) is 18.1 Å². The van der Waals surface area contributed by atoms with Gasteiger partial charge in [0.15, 0.2) is 0 Å². The van der Waals surface area contributed by atoms with E-state index >= 15 is 0 Å². The zero-order valence-corrected chi connectivity index (χ0v) is 15.9. The van der Waals surface area contributed by atoms with Crippen LogP contribution in [-0.4, -0.2) is 39.4 Å². The lowest BCUT2D eigenvalue weighted by molar-refractivity contribution is 0.275. The molecule has 0 aliphatic carbocycles. The highest BCUT2D eigenvalue weighted by Gasteiger charge is 2.32. The van der Waals surface area contributed by atoms with Crippen LogP contribution in [0.4, 0.5) is 5.69 Å². The fraction of sp³-hybridized carbons (Fsp3) is 0.318. The van der Waals surface area contributed by atoms with Gasteiger partial charge in [0.2, 0.25) is 5.88 Å². The van der Waals surface area contributed by atoms with Crippen molar-refractivity contribution >= 4 is 27.5 Å². The van der Waals surface area contributed by atoms with E-state index < -0.39 is 0 Å². The maximum Gasteiger partial charge on any atom is 0.258 e. The molecule has 1 atom stereocenters. The second kappa shape index (κ2) is 6.34. The third kappa shape index (κ3) is 2.46. The molecule has 1 fully saturated rings. The van der Waals surface area contributed by atoms with Crippen LogP contribution >= 0.6 is 0 Å². The fourth-order valence-corrected chi connectivity index (χ4v) is 4.85. The number of nitrogens with zero attached hydrogens (tertiary/aromatic N) is 3. The molecule has 2 N–H and O–H groups in total. The Morgan fingerprint density at radius 1 is 1.14 bits per heavy atom. The van der Waals surface area contributed by atoms with Crippen molar-refractivity contribution in [2.75, 3.05) is 18.1 Å². The Balaban J connectivity index is 1.75. The highest BCUT2D eigenvalue weighted by atomic mass is 16.5. The molecule has 1 aromatic carbocycles. The lowest BCUT2D eigenvalue weighted by Crippen LogP contribution is -2.39. The van der Waals surface area contributed by atoms with Gasteiger partial charge in [-0.05, 0) is 25.0 Å². The van der Waals surface area contributed by atoms with E-state index in [0.717, 1.165) is 52.4 Å². The van der Waals surface area contributed by atoms with Gasteiger partial charge in [-0.3, -0.25) is 9.89 Å². The molecule has 7 nitrogen and oxygen atoms in total. The summed E-state index contributed by atoms with van der Waals surface area (Å²) >= 11 is 0. The van der Waals surface area contributed by atoms with Crippen molar-refractivity contribution in [3.8, 4) is 17.0 Å². The normalized spacial score (nSPS) is 18.9. The molecule has 1 unspecified atom stereocenters. The first-order valence-electron chi connectivity index (χ1n) is 10.2. The van der Waals surface area contributed by atoms with Crippen LogP contribution in [0.1, 0.15) is 25.7 Å². The Morgan fingerprint density at radius 3 is 3.07 bits per heavy atom. The van der Waals surface area contributed by atoms with E-state index in [1.54, 1.807) is 12.4 Å². The summed E-state index contributed by atoms with van der Waals surface area (Å²) in [5.74, 6) is 0.599. The number of anilines is 1. The third-order valence-corrected chi connectivity index (χ3v) is 6.20. The van der Waals surface area contributed by atoms with Crippen LogP contribution in [0.3, 0.4) is 0 Å². The van der Waals surface area contributed by atoms with Crippen molar-refractivity contribution in [2.45, 2.75) is 31.7 Å². The number of pyridine rings is 2. The second-order valence-corrected chi connectivity index (χ2v) is 7.86. The van der Waals surface area contributed by atoms with Crippen molar-refractivity contribution in [1.29, 1.82) is 0 Å². The van der Waals surface area contributed by atoms with Crippen LogP contribution in [-0.2, 0) is 0 Å². The van der Waals surface area contributed by atoms with E-state index in [9.17, 15) is 4.79 Å². The Hall–Kier alpha value is -3.35. The minimum atomic E-state index is -0.0942. The molecule has 0 radical (unpaired) electrons. The number of nitrogens with one attached hydrogen (secondary N) is 2. The topological polar surface area (TPSA) is 86.9 Å². The average molecular weight is 387 g/mol. The van der Waals surface area contributed by atoms with Crippen LogP contribution in [0.5, 0.6) is 5.88 Å². The molecule has 146 valence electrons. The Bertz CT molecular complexity index is 1290. The first-order valence-corrected chi connectivity index (χ1v) is 10.2. The molecule has 0 saturated carbocycles. The number of benzene rings is 1. The van der Waals surface area contributed by atoms with Gasteiger partial charge >= 0.3 is 0 Å². The molecule has 0 spiro atoms. The zero-order valence-electron chi connectivity index (χ0n) is 15.9. The van der Waals surface area contributed by atoms with Crippen molar-refractivity contribution in [2.24, 2.45) is 0 Å². The molecule has 2 aliphatic heterocycles. The van der Waals surface area contributed by atoms with Crippen molar-refractivity contribution in [3.63, 3.8) is 0 Å². The Labute approximate surface area is 166 Å². The molecule has 29 heavy (non-hydrogen) atoms. The predicted molar refractivity (Wildman–Crippen MR) is 113 cm³/mol. The predicted octanol–water partition coefficient (Wildman–Crippen LogP) is 3.61. The highest BCUT2D eigenvalue weighted by Crippen LogP contribution is 2.43. The molecule has 3 aromatic heterocycles. The molecule has 1 saturated heterocycles. The molecule has 7 heteroatoms. The van der Waals surface area contributed by atoms with E-state index in [1.165, 1.54) is 12.8 Å². The minimum absolute atomic E-state index is 0.0942. The smallest absolute Gasteiger partial charge is 0.258 e. The van der Waals surface area contributed by atoms with E-state index in [4.69, 9.17) is 4.74 Å². The number of hydrogen-bond acceptors (Lipinski definition) is 5. The van der Waals surface area contributed by atoms with Crippen LogP contribution < -0.4 is 15.2 Å². The number of rotatable bonds is 1. The third-order valence-electron chi connectivity index (χ3n) is 6.20. The molecule has 2 aliphatic rings. The van der Waals surface area contributed by atoms with Crippen LogP contribution in [0.15, 0.2) is 41.5 Å². The van der Waals surface area contributed by atoms with Crippen molar-refractivity contribution < 1.29 is 4.74 Å². The number of aromatic nitrogens is 4. The standard InChI is InChI=1S/C22H21N5O2/c28-21-18(14-6-4-7-16-15(14)11-24-26-16)20-19-17(25-21)8-9-23-22(19)29-12-13-5-2-1-3-10-27(13)20/h4,6-9,11,13H,1-3,5,10,12H2,(H,24,26)(H,25,28). The molecular formula is C22H21N5O2. The summed E-state index contributed by atoms with van der Waals surface area (Å²) in [4.78, 5) is 23.4. The lowest BCUT2D eigenvalue weighted by Gasteiger charge is -2.31. The summed E-state index contributed by atoms with van der Waals surface area (Å²) in [5.41, 5.74) is 4.10. The van der Waals surface area contributed by atoms with Gasteiger partial charge in [0, 0.05) is 23.7 Å². The number of ether oxygens (including phenoxy) is 1. The maximum atomic E-state index is 13.4. The second-order valence-electron chi connectivity index (χ2n) is 7.86. The zero-order chi connectivity index (χ0) is 19.4. The Kier molecular flexibility index (Phi) is 3.62. The van der Waals surface area contributed by atoms with Crippen LogP contribution in [0.2, 0.25) is 0 Å². The van der Waals surface area contributed by atoms with Gasteiger partial charge in [0.1, 0.15) is 6.61 Å². The fourth-order valence-electron chi connectivity index (χ4n) is 4.85. The molecular weight excluding hydrogens is 366 g/mol. The molecule has 0 bridgehead atoms. The molecule has 4 aromatic rings. The lowest BCUT2D eigenvalue weighted by atomic mass is 9.98. The van der Waals surface area contributed by atoms with Crippen molar-refractivity contribution in [1.82, 2.24) is 20.2 Å². The minimum Gasteiger partial charge on any atom is -0.475 e. The number of H-pyrrole nitrogens is 2. The largest absolute Gasteiger partial charge is 0.475 e. The van der Waals surface area contributed by atoms with E-state index in [1.807, 2.05) is 24.3 Å². The maximum absolute atomic E-state index is 13.4. The quantitative estimate of drug-likeness (QED) is 0.521. The van der Waals surface area contributed by atoms with E-state index in [2.05, 4.69) is 25.1 Å². The number of aromatic amines is 2. The summed E-state index contributed by atoms with van der Waals surface area (Å²) in [6.45, 7) is 1.50. The van der Waals surface area contributed by atoms with Gasteiger partial charge < -0.3 is 14.6 Å². The van der Waals surface area contributed by atoms with E-state index in [-0.39, 0.29) is 11.6 Å². The average Bonchev–Trinajstić information content (AvgIpc) is 3.02. The number of hydrogen-bond donors (Lipinski definition) is 2. The van der Waals surface area contributed by atoms with Gasteiger partial charge in [-0.1, -0.05) is 25.0 Å². The monoisotopic (exact) mass is 387 g/mol. The summed E-state index contributed by atoms with van der Waals surface area (Å²) in [7, 11) is 0. The highest BCUT2D eigenvalue weighted by molar-refractivity contribution is 6.07.